The minimum atomic E-state index is -0.0493. The molecule has 0 radical (unpaired) electrons. The van der Waals surface area contributed by atoms with Gasteiger partial charge in [-0.25, -0.2) is 4.79 Å². The maximum atomic E-state index is 11.0. The Morgan fingerprint density at radius 3 is 2.46 bits per heavy atom. The normalized spacial score (nSPS) is 33.9. The number of rotatable bonds is 1. The molecule has 1 aliphatic rings. The van der Waals surface area contributed by atoms with Gasteiger partial charge in [0, 0.05) is 13.1 Å². The smallest absolute Gasteiger partial charge is 0.314 e. The van der Waals surface area contributed by atoms with Crippen LogP contribution < -0.4 is 10.6 Å². The van der Waals surface area contributed by atoms with Crippen molar-refractivity contribution in [2.24, 2.45) is 11.8 Å². The fraction of sp³-hybridized carbons (Fsp3) is 0.900. The highest BCUT2D eigenvalue weighted by atomic mass is 16.2. The van der Waals surface area contributed by atoms with E-state index in [4.69, 9.17) is 0 Å². The van der Waals surface area contributed by atoms with Crippen molar-refractivity contribution in [1.29, 1.82) is 0 Å². The van der Waals surface area contributed by atoms with Gasteiger partial charge in [0.1, 0.15) is 0 Å². The zero-order chi connectivity index (χ0) is 9.84. The number of urea groups is 1. The number of hydrogen-bond donors (Lipinski definition) is 2. The highest BCUT2D eigenvalue weighted by Gasteiger charge is 2.24. The Balaban J connectivity index is 2.33. The maximum absolute atomic E-state index is 11.0. The molecule has 13 heavy (non-hydrogen) atoms. The minimum absolute atomic E-state index is 0.0493. The van der Waals surface area contributed by atoms with E-state index in [1.165, 1.54) is 6.42 Å². The Kier molecular flexibility index (Phi) is 3.58. The summed E-state index contributed by atoms with van der Waals surface area (Å²) in [7, 11) is 1.66. The summed E-state index contributed by atoms with van der Waals surface area (Å²) in [5.74, 6) is 1.54. The fourth-order valence-electron chi connectivity index (χ4n) is 1.94. The topological polar surface area (TPSA) is 41.1 Å². The van der Waals surface area contributed by atoms with Crippen LogP contribution in [0.5, 0.6) is 0 Å². The lowest BCUT2D eigenvalue weighted by Crippen LogP contribution is -2.43. The summed E-state index contributed by atoms with van der Waals surface area (Å²) in [6.45, 7) is 4.56. The van der Waals surface area contributed by atoms with Crippen molar-refractivity contribution in [3.63, 3.8) is 0 Å². The molecule has 0 heterocycles. The van der Waals surface area contributed by atoms with Gasteiger partial charge in [-0.15, -0.1) is 0 Å². The van der Waals surface area contributed by atoms with Gasteiger partial charge in [0.15, 0.2) is 0 Å². The third-order valence-corrected chi connectivity index (χ3v) is 3.16. The molecule has 3 heteroatoms. The molecule has 1 aliphatic carbocycles. The molecule has 0 aromatic rings. The molecule has 2 amide bonds. The second kappa shape index (κ2) is 4.49. The molecule has 0 spiro atoms. The zero-order valence-electron chi connectivity index (χ0n) is 8.76. The van der Waals surface area contributed by atoms with Gasteiger partial charge in [-0.05, 0) is 31.1 Å². The maximum Gasteiger partial charge on any atom is 0.314 e. The van der Waals surface area contributed by atoms with Crippen molar-refractivity contribution in [3.05, 3.63) is 0 Å². The van der Waals surface area contributed by atoms with Crippen LogP contribution in [0.4, 0.5) is 4.79 Å². The van der Waals surface area contributed by atoms with E-state index in [1.807, 2.05) is 0 Å². The fourth-order valence-corrected chi connectivity index (χ4v) is 1.94. The standard InChI is InChI=1S/C10H20N2O/c1-7-4-5-9(6-8(7)2)12-10(13)11-3/h7-9H,4-6H2,1-3H3,(H2,11,12,13). The van der Waals surface area contributed by atoms with Gasteiger partial charge in [-0.1, -0.05) is 13.8 Å². The van der Waals surface area contributed by atoms with E-state index in [0.717, 1.165) is 24.7 Å². The molecule has 0 aliphatic heterocycles. The lowest BCUT2D eigenvalue weighted by atomic mass is 9.79. The third kappa shape index (κ3) is 2.90. The van der Waals surface area contributed by atoms with Crippen molar-refractivity contribution in [3.8, 4) is 0 Å². The van der Waals surface area contributed by atoms with Gasteiger partial charge < -0.3 is 10.6 Å². The van der Waals surface area contributed by atoms with E-state index >= 15 is 0 Å². The van der Waals surface area contributed by atoms with Crippen LogP contribution in [0.2, 0.25) is 0 Å². The van der Waals surface area contributed by atoms with E-state index < -0.39 is 0 Å². The quantitative estimate of drug-likeness (QED) is 0.640. The van der Waals surface area contributed by atoms with Crippen LogP contribution in [0.1, 0.15) is 33.1 Å². The highest BCUT2D eigenvalue weighted by Crippen LogP contribution is 2.29. The van der Waals surface area contributed by atoms with Crippen LogP contribution in [-0.4, -0.2) is 19.1 Å². The zero-order valence-corrected chi connectivity index (χ0v) is 8.76. The van der Waals surface area contributed by atoms with Gasteiger partial charge in [-0.2, -0.15) is 0 Å². The highest BCUT2D eigenvalue weighted by molar-refractivity contribution is 5.73. The summed E-state index contributed by atoms with van der Waals surface area (Å²) >= 11 is 0. The van der Waals surface area contributed by atoms with Gasteiger partial charge in [-0.3, -0.25) is 0 Å². The van der Waals surface area contributed by atoms with Crippen molar-refractivity contribution in [2.75, 3.05) is 7.05 Å². The van der Waals surface area contributed by atoms with Crippen molar-refractivity contribution >= 4 is 6.03 Å². The van der Waals surface area contributed by atoms with Gasteiger partial charge >= 0.3 is 6.03 Å². The van der Waals surface area contributed by atoms with Crippen molar-refractivity contribution in [2.45, 2.75) is 39.2 Å². The van der Waals surface area contributed by atoms with Crippen LogP contribution >= 0.6 is 0 Å². The molecule has 3 atom stereocenters. The first-order valence-electron chi connectivity index (χ1n) is 5.11. The molecule has 0 aromatic carbocycles. The summed E-state index contributed by atoms with van der Waals surface area (Å²) in [6, 6.07) is 0.331. The number of amides is 2. The van der Waals surface area contributed by atoms with Gasteiger partial charge in [0.05, 0.1) is 0 Å². The Labute approximate surface area is 80.3 Å². The molecule has 0 bridgehead atoms. The largest absolute Gasteiger partial charge is 0.341 e. The number of carbonyl (C=O) groups is 1. The molecule has 3 unspecified atom stereocenters. The Morgan fingerprint density at radius 1 is 1.23 bits per heavy atom. The van der Waals surface area contributed by atoms with Crippen LogP contribution in [0.3, 0.4) is 0 Å². The van der Waals surface area contributed by atoms with Gasteiger partial charge in [0.25, 0.3) is 0 Å². The Morgan fingerprint density at radius 2 is 1.92 bits per heavy atom. The van der Waals surface area contributed by atoms with Crippen LogP contribution in [0, 0.1) is 11.8 Å². The van der Waals surface area contributed by atoms with E-state index in [9.17, 15) is 4.79 Å². The second-order valence-corrected chi connectivity index (χ2v) is 4.19. The third-order valence-electron chi connectivity index (χ3n) is 3.16. The number of nitrogens with one attached hydrogen (secondary N) is 2. The molecule has 0 saturated heterocycles. The Hall–Kier alpha value is -0.730. The summed E-state index contributed by atoms with van der Waals surface area (Å²) in [5, 5.41) is 5.56. The predicted octanol–water partition coefficient (Wildman–Crippen LogP) is 1.74. The molecule has 1 rings (SSSR count). The molecule has 3 nitrogen and oxygen atoms in total. The first-order valence-corrected chi connectivity index (χ1v) is 5.11. The van der Waals surface area contributed by atoms with Crippen molar-refractivity contribution in [1.82, 2.24) is 10.6 Å². The predicted molar refractivity (Wildman–Crippen MR) is 53.6 cm³/mol. The van der Waals surface area contributed by atoms with E-state index in [1.54, 1.807) is 7.05 Å². The summed E-state index contributed by atoms with van der Waals surface area (Å²) < 4.78 is 0. The summed E-state index contributed by atoms with van der Waals surface area (Å²) in [5.41, 5.74) is 0. The number of hydrogen-bond acceptors (Lipinski definition) is 1. The first-order chi connectivity index (χ1) is 6.13. The molecule has 76 valence electrons. The second-order valence-electron chi connectivity index (χ2n) is 4.19. The van der Waals surface area contributed by atoms with Crippen LogP contribution in [0.25, 0.3) is 0 Å². The van der Waals surface area contributed by atoms with Crippen LogP contribution in [0.15, 0.2) is 0 Å². The monoisotopic (exact) mass is 184 g/mol. The minimum Gasteiger partial charge on any atom is -0.341 e. The first kappa shape index (κ1) is 10.4. The summed E-state index contributed by atoms with van der Waals surface area (Å²) in [4.78, 5) is 11.0. The molecule has 1 fully saturated rings. The molecular weight excluding hydrogens is 164 g/mol. The lowest BCUT2D eigenvalue weighted by molar-refractivity contribution is 0.210. The number of carbonyl (C=O) groups excluding carboxylic acids is 1. The van der Waals surface area contributed by atoms with Crippen LogP contribution in [-0.2, 0) is 0 Å². The molecule has 1 saturated carbocycles. The van der Waals surface area contributed by atoms with Gasteiger partial charge in [0.2, 0.25) is 0 Å². The lowest BCUT2D eigenvalue weighted by Gasteiger charge is -2.32. The average Bonchev–Trinajstić information content (AvgIpc) is 2.11. The van der Waals surface area contributed by atoms with Crippen molar-refractivity contribution < 1.29 is 4.79 Å². The Bertz CT molecular complexity index is 182. The van der Waals surface area contributed by atoms with E-state index in [2.05, 4.69) is 24.5 Å². The average molecular weight is 184 g/mol. The molecule has 2 N–H and O–H groups in total. The summed E-state index contributed by atoms with van der Waals surface area (Å²) in [6.07, 6.45) is 3.48. The molecule has 0 aromatic heterocycles. The molecular formula is C10H20N2O. The van der Waals surface area contributed by atoms with E-state index in [0.29, 0.717) is 6.04 Å². The van der Waals surface area contributed by atoms with E-state index in [-0.39, 0.29) is 6.03 Å². The SMILES string of the molecule is CNC(=O)NC1CCC(C)C(C)C1.